The molecule has 0 spiro atoms. The lowest BCUT2D eigenvalue weighted by atomic mass is 9.97. The molecule has 5 rings (SSSR count). The number of rotatable bonds is 4. The molecule has 32 heavy (non-hydrogen) atoms. The number of hydrogen-bond acceptors (Lipinski definition) is 5. The number of aromatic nitrogens is 3. The summed E-state index contributed by atoms with van der Waals surface area (Å²) in [7, 11) is 0. The Bertz CT molecular complexity index is 1280. The number of nitrogens with zero attached hydrogens (tertiary/aromatic N) is 4. The first-order valence-electron chi connectivity index (χ1n) is 10.7. The van der Waals surface area contributed by atoms with Gasteiger partial charge in [0.2, 0.25) is 5.91 Å². The number of thiazole rings is 1. The number of para-hydroxylation sites is 1. The molecule has 1 aliphatic rings. The molecule has 0 radical (unpaired) electrons. The van der Waals surface area contributed by atoms with E-state index in [0.717, 1.165) is 57.5 Å². The van der Waals surface area contributed by atoms with E-state index >= 15 is 0 Å². The monoisotopic (exact) mass is 465 g/mol. The molecule has 6 nitrogen and oxygen atoms in total. The summed E-state index contributed by atoms with van der Waals surface area (Å²) in [6.45, 7) is 5.49. The van der Waals surface area contributed by atoms with Crippen LogP contribution in [0.2, 0.25) is 5.02 Å². The van der Waals surface area contributed by atoms with Crippen LogP contribution < -0.4 is 10.2 Å². The second-order valence-corrected chi connectivity index (χ2v) is 9.55. The molecule has 0 bridgehead atoms. The molecule has 2 aromatic carbocycles. The van der Waals surface area contributed by atoms with E-state index in [2.05, 4.69) is 15.3 Å². The number of fused-ring (bicyclic) bond motifs is 1. The number of amides is 1. The van der Waals surface area contributed by atoms with Crippen LogP contribution in [0, 0.1) is 19.8 Å². The maximum atomic E-state index is 13.0. The van der Waals surface area contributed by atoms with Gasteiger partial charge >= 0.3 is 0 Å². The van der Waals surface area contributed by atoms with E-state index in [9.17, 15) is 4.79 Å². The minimum Gasteiger partial charge on any atom is -0.347 e. The first-order chi connectivity index (χ1) is 15.5. The Balaban J connectivity index is 1.37. The van der Waals surface area contributed by atoms with Crippen LogP contribution in [-0.2, 0) is 4.79 Å². The number of nitrogens with one attached hydrogen (secondary N) is 1. The van der Waals surface area contributed by atoms with Gasteiger partial charge in [-0.05, 0) is 56.5 Å². The SMILES string of the molecule is Cc1c(Cl)cccc1NC(=O)[C@@H]1CCCN(c2nc3c(s2)c(C)nn3-c2ccccc2)C1. The number of aryl methyl sites for hydroxylation is 1. The quantitative estimate of drug-likeness (QED) is 0.425. The van der Waals surface area contributed by atoms with Crippen molar-refractivity contribution in [1.29, 1.82) is 0 Å². The summed E-state index contributed by atoms with van der Waals surface area (Å²) < 4.78 is 2.99. The summed E-state index contributed by atoms with van der Waals surface area (Å²) >= 11 is 7.86. The molecule has 1 atom stereocenters. The van der Waals surface area contributed by atoms with Crippen LogP contribution in [0.4, 0.5) is 10.8 Å². The predicted molar refractivity (Wildman–Crippen MR) is 131 cm³/mol. The lowest BCUT2D eigenvalue weighted by Crippen LogP contribution is -2.40. The van der Waals surface area contributed by atoms with Crippen molar-refractivity contribution in [2.45, 2.75) is 26.7 Å². The predicted octanol–water partition coefficient (Wildman–Crippen LogP) is 5.61. The van der Waals surface area contributed by atoms with E-state index < -0.39 is 0 Å². The first-order valence-corrected chi connectivity index (χ1v) is 11.9. The van der Waals surface area contributed by atoms with E-state index in [0.29, 0.717) is 11.6 Å². The highest BCUT2D eigenvalue weighted by Crippen LogP contribution is 2.35. The number of piperidine rings is 1. The number of carbonyl (C=O) groups is 1. The van der Waals surface area contributed by atoms with E-state index in [1.807, 2.05) is 67.1 Å². The maximum absolute atomic E-state index is 13.0. The zero-order chi connectivity index (χ0) is 22.2. The summed E-state index contributed by atoms with van der Waals surface area (Å²) in [6.07, 6.45) is 1.82. The largest absolute Gasteiger partial charge is 0.347 e. The zero-order valence-corrected chi connectivity index (χ0v) is 19.6. The molecule has 0 saturated carbocycles. The van der Waals surface area contributed by atoms with Crippen molar-refractivity contribution in [3.05, 3.63) is 64.8 Å². The van der Waals surface area contributed by atoms with Crippen molar-refractivity contribution in [2.75, 3.05) is 23.3 Å². The molecule has 0 aliphatic carbocycles. The van der Waals surface area contributed by atoms with Gasteiger partial charge in [0.15, 0.2) is 10.8 Å². The van der Waals surface area contributed by atoms with Gasteiger partial charge < -0.3 is 10.2 Å². The molecule has 8 heteroatoms. The molecule has 1 saturated heterocycles. The Kier molecular flexibility index (Phi) is 5.61. The minimum absolute atomic E-state index is 0.0350. The number of carbonyl (C=O) groups excluding carboxylic acids is 1. The Labute approximate surface area is 195 Å². The Morgan fingerprint density at radius 1 is 1.16 bits per heavy atom. The van der Waals surface area contributed by atoms with Gasteiger partial charge in [0.25, 0.3) is 0 Å². The number of anilines is 2. The van der Waals surface area contributed by atoms with Gasteiger partial charge in [-0.3, -0.25) is 4.79 Å². The molecular formula is C24H24ClN5OS. The summed E-state index contributed by atoms with van der Waals surface area (Å²) in [4.78, 5) is 20.2. The average Bonchev–Trinajstić information content (AvgIpc) is 3.38. The lowest BCUT2D eigenvalue weighted by molar-refractivity contribution is -0.120. The van der Waals surface area contributed by atoms with Crippen molar-refractivity contribution in [1.82, 2.24) is 14.8 Å². The molecule has 2 aromatic heterocycles. The summed E-state index contributed by atoms with van der Waals surface area (Å²) in [5.41, 5.74) is 4.50. The zero-order valence-electron chi connectivity index (χ0n) is 18.0. The van der Waals surface area contributed by atoms with E-state index in [1.54, 1.807) is 11.3 Å². The highest BCUT2D eigenvalue weighted by Gasteiger charge is 2.29. The molecule has 1 fully saturated rings. The third kappa shape index (κ3) is 3.87. The van der Waals surface area contributed by atoms with E-state index in [1.165, 1.54) is 0 Å². The third-order valence-corrected chi connectivity index (χ3v) is 7.59. The van der Waals surface area contributed by atoms with Crippen LogP contribution >= 0.6 is 22.9 Å². The normalized spacial score (nSPS) is 16.5. The van der Waals surface area contributed by atoms with Gasteiger partial charge in [-0.25, -0.2) is 4.68 Å². The Morgan fingerprint density at radius 2 is 1.97 bits per heavy atom. The summed E-state index contributed by atoms with van der Waals surface area (Å²) in [5.74, 6) is -0.0614. The fourth-order valence-corrected chi connectivity index (χ4v) is 5.35. The highest BCUT2D eigenvalue weighted by atomic mass is 35.5. The molecule has 1 amide bonds. The van der Waals surface area contributed by atoms with Gasteiger partial charge in [0.1, 0.15) is 0 Å². The second-order valence-electron chi connectivity index (χ2n) is 8.17. The molecule has 1 aliphatic heterocycles. The number of hydrogen-bond donors (Lipinski definition) is 1. The molecular weight excluding hydrogens is 442 g/mol. The fourth-order valence-electron chi connectivity index (χ4n) is 4.15. The van der Waals surface area contributed by atoms with Gasteiger partial charge in [0, 0.05) is 23.8 Å². The van der Waals surface area contributed by atoms with Gasteiger partial charge in [-0.15, -0.1) is 0 Å². The first kappa shape index (κ1) is 21.0. The maximum Gasteiger partial charge on any atom is 0.229 e. The third-order valence-electron chi connectivity index (χ3n) is 5.97. The number of halogens is 1. The highest BCUT2D eigenvalue weighted by molar-refractivity contribution is 7.22. The Hall–Kier alpha value is -2.90. The van der Waals surface area contributed by atoms with Crippen LogP contribution in [0.3, 0.4) is 0 Å². The smallest absolute Gasteiger partial charge is 0.229 e. The molecule has 0 unspecified atom stereocenters. The summed E-state index contributed by atoms with van der Waals surface area (Å²) in [5, 5.41) is 9.36. The second kappa shape index (κ2) is 8.56. The standard InChI is InChI=1S/C24H24ClN5OS/c1-15-19(25)11-6-12-20(15)26-23(31)17-8-7-13-29(14-17)24-27-22-21(32-24)16(2)28-30(22)18-9-4-3-5-10-18/h3-6,9-12,17H,7-8,13-14H2,1-2H3,(H,26,31)/t17-/m1/s1. The van der Waals surface area contributed by atoms with E-state index in [4.69, 9.17) is 16.6 Å². The van der Waals surface area contributed by atoms with Crippen LogP contribution in [0.15, 0.2) is 48.5 Å². The van der Waals surface area contributed by atoms with E-state index in [-0.39, 0.29) is 11.8 Å². The van der Waals surface area contributed by atoms with Gasteiger partial charge in [0.05, 0.1) is 22.0 Å². The summed E-state index contributed by atoms with van der Waals surface area (Å²) in [6, 6.07) is 15.6. The topological polar surface area (TPSA) is 63.1 Å². The van der Waals surface area contributed by atoms with Crippen LogP contribution in [-0.4, -0.2) is 33.8 Å². The van der Waals surface area contributed by atoms with Crippen molar-refractivity contribution >= 4 is 50.0 Å². The van der Waals surface area contributed by atoms with Crippen LogP contribution in [0.5, 0.6) is 0 Å². The van der Waals surface area contributed by atoms with Gasteiger partial charge in [-0.1, -0.05) is 47.2 Å². The number of benzene rings is 2. The van der Waals surface area contributed by atoms with Crippen LogP contribution in [0.25, 0.3) is 16.0 Å². The molecule has 4 aromatic rings. The Morgan fingerprint density at radius 3 is 2.78 bits per heavy atom. The van der Waals surface area contributed by atoms with Crippen molar-refractivity contribution in [3.8, 4) is 5.69 Å². The molecule has 3 heterocycles. The molecule has 164 valence electrons. The van der Waals surface area contributed by atoms with Gasteiger partial charge in [-0.2, -0.15) is 10.1 Å². The van der Waals surface area contributed by atoms with Crippen LogP contribution in [0.1, 0.15) is 24.1 Å². The molecule has 1 N–H and O–H groups in total. The van der Waals surface area contributed by atoms with Crippen molar-refractivity contribution in [2.24, 2.45) is 5.92 Å². The fraction of sp³-hybridized carbons (Fsp3) is 0.292. The minimum atomic E-state index is -0.0964. The lowest BCUT2D eigenvalue weighted by Gasteiger charge is -2.31. The van der Waals surface area contributed by atoms with Crippen molar-refractivity contribution < 1.29 is 4.79 Å². The van der Waals surface area contributed by atoms with Crippen molar-refractivity contribution in [3.63, 3.8) is 0 Å². The average molecular weight is 466 g/mol.